The molecular formula is C24H22BrF3N6O. The van der Waals surface area contributed by atoms with E-state index in [9.17, 15) is 18.0 Å². The molecular weight excluding hydrogens is 525 g/mol. The summed E-state index contributed by atoms with van der Waals surface area (Å²) in [5.74, 6) is -0.0640. The number of pyridine rings is 1. The maximum atomic E-state index is 13.8. The van der Waals surface area contributed by atoms with Gasteiger partial charge >= 0.3 is 6.18 Å². The number of halogens is 4. The number of nitrogens with zero attached hydrogens (tertiary/aromatic N) is 5. The standard InChI is InChI=1S/C24H22BrF3N6O/c1-13-9-20(32-33(13)11-15-3-7-17(25)8-4-15)30-21(35)12-34-23-22(14(2)31-34)18(24(26,27)28)10-19(29-23)16-5-6-16/h3-4,7-10,16H,5-6,11-12H2,1-2H3,(H,30,32,35). The van der Waals surface area contributed by atoms with Crippen LogP contribution in [0, 0.1) is 13.8 Å². The molecule has 1 saturated carbocycles. The highest BCUT2D eigenvalue weighted by Crippen LogP contribution is 2.43. The van der Waals surface area contributed by atoms with E-state index in [1.807, 2.05) is 31.2 Å². The van der Waals surface area contributed by atoms with Gasteiger partial charge in [-0.15, -0.1) is 0 Å². The van der Waals surface area contributed by atoms with Crippen LogP contribution in [0.3, 0.4) is 0 Å². The summed E-state index contributed by atoms with van der Waals surface area (Å²) in [4.78, 5) is 17.2. The number of hydrogen-bond donors (Lipinski definition) is 1. The van der Waals surface area contributed by atoms with E-state index in [0.29, 0.717) is 18.1 Å². The Hall–Kier alpha value is -3.21. The third-order valence-corrected chi connectivity index (χ3v) is 6.51. The molecule has 0 saturated heterocycles. The van der Waals surface area contributed by atoms with Crippen molar-refractivity contribution in [2.45, 2.75) is 51.9 Å². The van der Waals surface area contributed by atoms with Gasteiger partial charge < -0.3 is 5.32 Å². The first kappa shape index (κ1) is 23.5. The molecule has 0 spiro atoms. The number of carbonyl (C=O) groups excluding carboxylic acids is 1. The Morgan fingerprint density at radius 1 is 1.11 bits per heavy atom. The molecule has 0 radical (unpaired) electrons. The Morgan fingerprint density at radius 2 is 1.83 bits per heavy atom. The molecule has 35 heavy (non-hydrogen) atoms. The third kappa shape index (κ3) is 4.95. The van der Waals surface area contributed by atoms with Crippen molar-refractivity contribution in [3.8, 4) is 0 Å². The van der Waals surface area contributed by atoms with Gasteiger partial charge in [0.05, 0.1) is 23.2 Å². The number of benzene rings is 1. The van der Waals surface area contributed by atoms with E-state index in [4.69, 9.17) is 0 Å². The van der Waals surface area contributed by atoms with Gasteiger partial charge in [0.15, 0.2) is 11.5 Å². The largest absolute Gasteiger partial charge is 0.417 e. The number of anilines is 1. The number of nitrogens with one attached hydrogen (secondary N) is 1. The van der Waals surface area contributed by atoms with Crippen molar-refractivity contribution < 1.29 is 18.0 Å². The molecule has 7 nitrogen and oxygen atoms in total. The van der Waals surface area contributed by atoms with Crippen molar-refractivity contribution >= 4 is 38.7 Å². The second-order valence-electron chi connectivity index (χ2n) is 8.81. The van der Waals surface area contributed by atoms with Gasteiger partial charge in [0.1, 0.15) is 6.54 Å². The zero-order valence-corrected chi connectivity index (χ0v) is 20.6. The third-order valence-electron chi connectivity index (χ3n) is 5.99. The van der Waals surface area contributed by atoms with Gasteiger partial charge in [0.25, 0.3) is 0 Å². The summed E-state index contributed by atoms with van der Waals surface area (Å²) >= 11 is 3.41. The maximum Gasteiger partial charge on any atom is 0.417 e. The first-order valence-corrected chi connectivity index (χ1v) is 11.9. The van der Waals surface area contributed by atoms with Crippen LogP contribution in [0.2, 0.25) is 0 Å². The average molecular weight is 547 g/mol. The highest BCUT2D eigenvalue weighted by molar-refractivity contribution is 9.10. The molecule has 1 amide bonds. The first-order valence-electron chi connectivity index (χ1n) is 11.1. The van der Waals surface area contributed by atoms with E-state index in [1.165, 1.54) is 11.6 Å². The van der Waals surface area contributed by atoms with Gasteiger partial charge in [-0.2, -0.15) is 23.4 Å². The minimum Gasteiger partial charge on any atom is -0.308 e. The maximum absolute atomic E-state index is 13.8. The van der Waals surface area contributed by atoms with Crippen LogP contribution in [0.25, 0.3) is 11.0 Å². The second kappa shape index (κ2) is 8.78. The fraction of sp³-hybridized carbons (Fsp3) is 0.333. The molecule has 5 rings (SSSR count). The summed E-state index contributed by atoms with van der Waals surface area (Å²) in [6.45, 7) is 3.64. The quantitative estimate of drug-likeness (QED) is 0.342. The van der Waals surface area contributed by atoms with Crippen molar-refractivity contribution in [3.63, 3.8) is 0 Å². The van der Waals surface area contributed by atoms with Crippen LogP contribution in [0.4, 0.5) is 19.0 Å². The fourth-order valence-corrected chi connectivity index (χ4v) is 4.37. The van der Waals surface area contributed by atoms with Crippen LogP contribution >= 0.6 is 15.9 Å². The number of carbonyl (C=O) groups is 1. The lowest BCUT2D eigenvalue weighted by Gasteiger charge is -2.11. The minimum atomic E-state index is -4.54. The predicted molar refractivity (Wildman–Crippen MR) is 128 cm³/mol. The molecule has 0 unspecified atom stereocenters. The van der Waals surface area contributed by atoms with Crippen molar-refractivity contribution in [2.75, 3.05) is 5.32 Å². The lowest BCUT2D eigenvalue weighted by Crippen LogP contribution is -2.20. The SMILES string of the molecule is Cc1nn(CC(=O)Nc2cc(C)n(Cc3ccc(Br)cc3)n2)c2nc(C3CC3)cc(C(F)(F)F)c12. The van der Waals surface area contributed by atoms with E-state index in [2.05, 4.69) is 36.4 Å². The van der Waals surface area contributed by atoms with Gasteiger partial charge in [0.2, 0.25) is 5.91 Å². The number of hydrogen-bond acceptors (Lipinski definition) is 4. The highest BCUT2D eigenvalue weighted by atomic mass is 79.9. The lowest BCUT2D eigenvalue weighted by atomic mass is 10.1. The van der Waals surface area contributed by atoms with Crippen LogP contribution in [0.1, 0.15) is 47.0 Å². The summed E-state index contributed by atoms with van der Waals surface area (Å²) in [6, 6.07) is 10.7. The fourth-order valence-electron chi connectivity index (χ4n) is 4.11. The molecule has 0 atom stereocenters. The zero-order chi connectivity index (χ0) is 24.9. The van der Waals surface area contributed by atoms with Crippen LogP contribution in [0.5, 0.6) is 0 Å². The monoisotopic (exact) mass is 546 g/mol. The van der Waals surface area contributed by atoms with E-state index in [0.717, 1.165) is 34.6 Å². The van der Waals surface area contributed by atoms with Gasteiger partial charge in [0, 0.05) is 27.8 Å². The molecule has 0 bridgehead atoms. The molecule has 3 aromatic heterocycles. The number of alkyl halides is 3. The van der Waals surface area contributed by atoms with Crippen LogP contribution in [-0.2, 0) is 24.1 Å². The molecule has 182 valence electrons. The van der Waals surface area contributed by atoms with Gasteiger partial charge in [-0.1, -0.05) is 28.1 Å². The summed E-state index contributed by atoms with van der Waals surface area (Å²) in [5.41, 5.74) is 1.81. The first-order chi connectivity index (χ1) is 16.6. The van der Waals surface area contributed by atoms with Crippen molar-refractivity contribution in [3.05, 3.63) is 69.1 Å². The van der Waals surface area contributed by atoms with Crippen molar-refractivity contribution in [1.29, 1.82) is 0 Å². The number of fused-ring (bicyclic) bond motifs is 1. The summed E-state index contributed by atoms with van der Waals surface area (Å²) in [6.07, 6.45) is -2.91. The van der Waals surface area contributed by atoms with Crippen LogP contribution in [0.15, 0.2) is 40.9 Å². The van der Waals surface area contributed by atoms with E-state index < -0.39 is 17.6 Å². The Balaban J connectivity index is 1.38. The second-order valence-corrected chi connectivity index (χ2v) is 9.73. The molecule has 1 fully saturated rings. The van der Waals surface area contributed by atoms with Gasteiger partial charge in [-0.05, 0) is 50.5 Å². The predicted octanol–water partition coefficient (Wildman–Crippen LogP) is 5.59. The summed E-state index contributed by atoms with van der Waals surface area (Å²) in [5, 5.41) is 11.3. The smallest absolute Gasteiger partial charge is 0.308 e. The van der Waals surface area contributed by atoms with E-state index in [1.54, 1.807) is 10.7 Å². The Morgan fingerprint density at radius 3 is 2.49 bits per heavy atom. The van der Waals surface area contributed by atoms with Gasteiger partial charge in [-0.25, -0.2) is 9.67 Å². The lowest BCUT2D eigenvalue weighted by molar-refractivity contribution is -0.136. The van der Waals surface area contributed by atoms with Crippen LogP contribution in [-0.4, -0.2) is 30.5 Å². The molecule has 1 aromatic carbocycles. The minimum absolute atomic E-state index is 0.0237. The van der Waals surface area contributed by atoms with E-state index in [-0.39, 0.29) is 29.2 Å². The van der Waals surface area contributed by atoms with Crippen molar-refractivity contribution in [2.24, 2.45) is 0 Å². The summed E-state index contributed by atoms with van der Waals surface area (Å²) in [7, 11) is 0. The topological polar surface area (TPSA) is 77.6 Å². The number of amides is 1. The Kier molecular flexibility index (Phi) is 5.90. The van der Waals surface area contributed by atoms with Crippen LogP contribution < -0.4 is 5.32 Å². The molecule has 1 N–H and O–H groups in total. The molecule has 0 aliphatic heterocycles. The molecule has 4 aromatic rings. The van der Waals surface area contributed by atoms with E-state index >= 15 is 0 Å². The summed E-state index contributed by atoms with van der Waals surface area (Å²) < 4.78 is 45.3. The Bertz CT molecular complexity index is 1420. The molecule has 1 aliphatic rings. The average Bonchev–Trinajstić information content (AvgIpc) is 3.52. The molecule has 1 aliphatic carbocycles. The molecule has 3 heterocycles. The number of aromatic nitrogens is 5. The zero-order valence-electron chi connectivity index (χ0n) is 19.0. The molecule has 11 heteroatoms. The normalized spacial score (nSPS) is 14.0. The number of rotatable bonds is 6. The number of aryl methyl sites for hydroxylation is 2. The highest BCUT2D eigenvalue weighted by Gasteiger charge is 2.37. The van der Waals surface area contributed by atoms with Crippen molar-refractivity contribution in [1.82, 2.24) is 24.5 Å². The Labute approximate surface area is 207 Å². The van der Waals surface area contributed by atoms with Gasteiger partial charge in [-0.3, -0.25) is 9.48 Å².